The van der Waals surface area contributed by atoms with Crippen LogP contribution in [0, 0.1) is 0 Å². The molecule has 0 aromatic heterocycles. The van der Waals surface area contributed by atoms with Gasteiger partial charge in [-0.15, -0.1) is 0 Å². The fourth-order valence-electron chi connectivity index (χ4n) is 1.75. The highest BCUT2D eigenvalue weighted by atomic mass is 16.5. The second-order valence-corrected chi connectivity index (χ2v) is 6.52. The van der Waals surface area contributed by atoms with E-state index in [9.17, 15) is 0 Å². The summed E-state index contributed by atoms with van der Waals surface area (Å²) in [7, 11) is 0. The van der Waals surface area contributed by atoms with Gasteiger partial charge in [0.2, 0.25) is 0 Å². The molecule has 0 saturated carbocycles. The number of hydrogen-bond donors (Lipinski definition) is 1. The van der Waals surface area contributed by atoms with E-state index in [1.54, 1.807) is 0 Å². The van der Waals surface area contributed by atoms with Gasteiger partial charge >= 0.3 is 0 Å². The minimum Gasteiger partial charge on any atom is -0.489 e. The van der Waals surface area contributed by atoms with Gasteiger partial charge in [0.15, 0.2) is 0 Å². The van der Waals surface area contributed by atoms with Gasteiger partial charge in [-0.1, -0.05) is 32.6 Å². The van der Waals surface area contributed by atoms with E-state index in [0.29, 0.717) is 12.5 Å². The SMILES string of the molecule is C=C(CNC(C)(C)C)COc1ccc(C(C)CC)cc1. The molecule has 112 valence electrons. The van der Waals surface area contributed by atoms with E-state index in [4.69, 9.17) is 4.74 Å². The highest BCUT2D eigenvalue weighted by molar-refractivity contribution is 5.29. The molecule has 0 aliphatic carbocycles. The first-order valence-corrected chi connectivity index (χ1v) is 7.46. The van der Waals surface area contributed by atoms with Crippen molar-refractivity contribution in [1.82, 2.24) is 5.32 Å². The predicted octanol–water partition coefficient (Wildman–Crippen LogP) is 4.52. The van der Waals surface area contributed by atoms with Gasteiger partial charge < -0.3 is 10.1 Å². The summed E-state index contributed by atoms with van der Waals surface area (Å²) in [5, 5.41) is 3.41. The Kier molecular flexibility index (Phi) is 6.28. The Balaban J connectivity index is 2.40. The second kappa shape index (κ2) is 7.49. The average Bonchev–Trinajstić information content (AvgIpc) is 2.41. The summed E-state index contributed by atoms with van der Waals surface area (Å²) in [4.78, 5) is 0. The van der Waals surface area contributed by atoms with Crippen molar-refractivity contribution in [2.24, 2.45) is 0 Å². The first-order chi connectivity index (χ1) is 9.31. The molecule has 0 radical (unpaired) electrons. The third-order valence-corrected chi connectivity index (χ3v) is 3.37. The van der Waals surface area contributed by atoms with Crippen LogP contribution in [0.3, 0.4) is 0 Å². The van der Waals surface area contributed by atoms with Crippen molar-refractivity contribution in [2.75, 3.05) is 13.2 Å². The fourth-order valence-corrected chi connectivity index (χ4v) is 1.75. The van der Waals surface area contributed by atoms with E-state index < -0.39 is 0 Å². The van der Waals surface area contributed by atoms with Gasteiger partial charge in [-0.2, -0.15) is 0 Å². The quantitative estimate of drug-likeness (QED) is 0.739. The number of hydrogen-bond acceptors (Lipinski definition) is 2. The summed E-state index contributed by atoms with van der Waals surface area (Å²) in [6.07, 6.45) is 1.16. The molecule has 1 N–H and O–H groups in total. The van der Waals surface area contributed by atoms with Gasteiger partial charge in [0.25, 0.3) is 0 Å². The molecular formula is C18H29NO. The zero-order valence-electron chi connectivity index (χ0n) is 13.6. The van der Waals surface area contributed by atoms with Crippen LogP contribution in [-0.2, 0) is 0 Å². The lowest BCUT2D eigenvalue weighted by Crippen LogP contribution is -2.37. The Morgan fingerprint density at radius 1 is 1.25 bits per heavy atom. The van der Waals surface area contributed by atoms with Gasteiger partial charge in [0.05, 0.1) is 0 Å². The number of ether oxygens (including phenoxy) is 1. The zero-order chi connectivity index (χ0) is 15.2. The van der Waals surface area contributed by atoms with Gasteiger partial charge in [0, 0.05) is 12.1 Å². The molecule has 20 heavy (non-hydrogen) atoms. The number of benzene rings is 1. The normalized spacial score (nSPS) is 13.1. The summed E-state index contributed by atoms with van der Waals surface area (Å²) in [5.74, 6) is 1.52. The predicted molar refractivity (Wildman–Crippen MR) is 87.5 cm³/mol. The number of rotatable bonds is 7. The van der Waals surface area contributed by atoms with Crippen LogP contribution in [0.4, 0.5) is 0 Å². The summed E-state index contributed by atoms with van der Waals surface area (Å²) < 4.78 is 5.76. The van der Waals surface area contributed by atoms with Crippen LogP contribution in [0.1, 0.15) is 52.5 Å². The monoisotopic (exact) mass is 275 g/mol. The first kappa shape index (κ1) is 16.8. The van der Waals surface area contributed by atoms with Crippen LogP contribution in [-0.4, -0.2) is 18.7 Å². The maximum atomic E-state index is 5.76. The maximum Gasteiger partial charge on any atom is 0.119 e. The van der Waals surface area contributed by atoms with E-state index >= 15 is 0 Å². The molecule has 1 aromatic carbocycles. The first-order valence-electron chi connectivity index (χ1n) is 7.46. The maximum absolute atomic E-state index is 5.76. The summed E-state index contributed by atoms with van der Waals surface area (Å²) in [6, 6.07) is 8.40. The highest BCUT2D eigenvalue weighted by Crippen LogP contribution is 2.21. The van der Waals surface area contributed by atoms with Gasteiger partial charge in [0.1, 0.15) is 12.4 Å². The van der Waals surface area contributed by atoms with E-state index in [1.807, 2.05) is 12.1 Å². The molecule has 2 nitrogen and oxygen atoms in total. The Hall–Kier alpha value is -1.28. The lowest BCUT2D eigenvalue weighted by molar-refractivity contribution is 0.341. The molecular weight excluding hydrogens is 246 g/mol. The molecule has 1 aromatic rings. The summed E-state index contributed by atoms with van der Waals surface area (Å²) in [5.41, 5.74) is 2.54. The van der Waals surface area contributed by atoms with E-state index in [1.165, 1.54) is 5.56 Å². The van der Waals surface area contributed by atoms with Crippen LogP contribution in [0.5, 0.6) is 5.75 Å². The van der Waals surface area contributed by atoms with E-state index in [2.05, 4.69) is 58.6 Å². The molecule has 2 heteroatoms. The van der Waals surface area contributed by atoms with Crippen molar-refractivity contribution in [3.05, 3.63) is 42.0 Å². The zero-order valence-corrected chi connectivity index (χ0v) is 13.6. The Morgan fingerprint density at radius 2 is 1.85 bits per heavy atom. The van der Waals surface area contributed by atoms with E-state index in [-0.39, 0.29) is 5.54 Å². The third kappa shape index (κ3) is 6.25. The van der Waals surface area contributed by atoms with Crippen molar-refractivity contribution >= 4 is 0 Å². The van der Waals surface area contributed by atoms with Crippen LogP contribution in [0.2, 0.25) is 0 Å². The summed E-state index contributed by atoms with van der Waals surface area (Å²) in [6.45, 7) is 16.3. The van der Waals surface area contributed by atoms with Gasteiger partial charge in [-0.3, -0.25) is 0 Å². The van der Waals surface area contributed by atoms with Crippen molar-refractivity contribution < 1.29 is 4.74 Å². The Bertz CT molecular complexity index is 414. The minimum absolute atomic E-state index is 0.112. The molecule has 0 spiro atoms. The Labute approximate surface area is 124 Å². The van der Waals surface area contributed by atoms with Gasteiger partial charge in [-0.25, -0.2) is 0 Å². The van der Waals surface area contributed by atoms with Crippen molar-refractivity contribution in [3.63, 3.8) is 0 Å². The average molecular weight is 275 g/mol. The lowest BCUT2D eigenvalue weighted by atomic mass is 9.99. The molecule has 0 saturated heterocycles. The molecule has 1 atom stereocenters. The smallest absolute Gasteiger partial charge is 0.119 e. The van der Waals surface area contributed by atoms with Crippen LogP contribution in [0.15, 0.2) is 36.4 Å². The molecule has 0 heterocycles. The van der Waals surface area contributed by atoms with E-state index in [0.717, 1.165) is 24.3 Å². The van der Waals surface area contributed by atoms with Crippen molar-refractivity contribution in [2.45, 2.75) is 52.5 Å². The molecule has 1 rings (SSSR count). The van der Waals surface area contributed by atoms with Crippen LogP contribution in [0.25, 0.3) is 0 Å². The fraction of sp³-hybridized carbons (Fsp3) is 0.556. The second-order valence-electron chi connectivity index (χ2n) is 6.52. The van der Waals surface area contributed by atoms with Gasteiger partial charge in [-0.05, 0) is 56.4 Å². The highest BCUT2D eigenvalue weighted by Gasteiger charge is 2.09. The molecule has 0 aliphatic heterocycles. The largest absolute Gasteiger partial charge is 0.489 e. The summed E-state index contributed by atoms with van der Waals surface area (Å²) >= 11 is 0. The molecule has 0 fully saturated rings. The third-order valence-electron chi connectivity index (χ3n) is 3.37. The minimum atomic E-state index is 0.112. The molecule has 0 aliphatic rings. The number of nitrogens with one attached hydrogen (secondary N) is 1. The van der Waals surface area contributed by atoms with Crippen LogP contribution < -0.4 is 10.1 Å². The topological polar surface area (TPSA) is 21.3 Å². The van der Waals surface area contributed by atoms with Crippen LogP contribution >= 0.6 is 0 Å². The Morgan fingerprint density at radius 3 is 2.35 bits per heavy atom. The van der Waals surface area contributed by atoms with Crippen molar-refractivity contribution in [1.29, 1.82) is 0 Å². The lowest BCUT2D eigenvalue weighted by Gasteiger charge is -2.21. The standard InChI is InChI=1S/C18H29NO/c1-7-15(3)16-8-10-17(11-9-16)20-13-14(2)12-19-18(4,5)6/h8-11,15,19H,2,7,12-13H2,1,3-6H3. The molecule has 0 amide bonds. The van der Waals surface area contributed by atoms with Crippen molar-refractivity contribution in [3.8, 4) is 5.75 Å². The molecule has 1 unspecified atom stereocenters. The molecule has 0 bridgehead atoms.